The second-order valence-electron chi connectivity index (χ2n) is 3.96. The minimum atomic E-state index is -3.89. The molecule has 7 heteroatoms. The fraction of sp³-hybridized carbons (Fsp3) is 0.0833. The summed E-state index contributed by atoms with van der Waals surface area (Å²) in [6, 6.07) is 6.53. The van der Waals surface area contributed by atoms with Crippen LogP contribution in [0.2, 0.25) is 0 Å². The van der Waals surface area contributed by atoms with Crippen molar-refractivity contribution in [3.05, 3.63) is 47.9 Å². The summed E-state index contributed by atoms with van der Waals surface area (Å²) in [4.78, 5) is 3.75. The molecule has 2 rings (SSSR count). The topological polar surface area (TPSA) is 85.1 Å². The van der Waals surface area contributed by atoms with Gasteiger partial charge in [-0.2, -0.15) is 0 Å². The molecule has 0 saturated carbocycles. The minimum absolute atomic E-state index is 0.152. The predicted octanol–water partition coefficient (Wildman–Crippen LogP) is 1.91. The predicted molar refractivity (Wildman–Crippen MR) is 70.6 cm³/mol. The first kappa shape index (κ1) is 13.3. The molecule has 1 aromatic heterocycles. The van der Waals surface area contributed by atoms with E-state index in [4.69, 9.17) is 5.73 Å². The summed E-state index contributed by atoms with van der Waals surface area (Å²) in [7, 11) is -3.89. The summed E-state index contributed by atoms with van der Waals surface area (Å²) in [5, 5.41) is 0. The number of nitrogens with two attached hydrogens (primary N) is 1. The van der Waals surface area contributed by atoms with Crippen molar-refractivity contribution >= 4 is 21.5 Å². The smallest absolute Gasteiger partial charge is 0.265 e. The van der Waals surface area contributed by atoms with Gasteiger partial charge in [0.1, 0.15) is 16.5 Å². The minimum Gasteiger partial charge on any atom is -0.398 e. The van der Waals surface area contributed by atoms with Crippen molar-refractivity contribution in [2.75, 3.05) is 10.5 Å². The Morgan fingerprint density at radius 2 is 2.05 bits per heavy atom. The normalized spacial score (nSPS) is 11.3. The number of benzene rings is 1. The van der Waals surface area contributed by atoms with Crippen LogP contribution in [0.25, 0.3) is 0 Å². The van der Waals surface area contributed by atoms with Crippen molar-refractivity contribution in [1.29, 1.82) is 0 Å². The molecule has 3 N–H and O–H groups in total. The Kier molecular flexibility index (Phi) is 3.39. The van der Waals surface area contributed by atoms with Gasteiger partial charge < -0.3 is 5.73 Å². The van der Waals surface area contributed by atoms with Crippen LogP contribution in [0.1, 0.15) is 5.56 Å². The Morgan fingerprint density at radius 3 is 2.68 bits per heavy atom. The number of anilines is 2. The Morgan fingerprint density at radius 1 is 1.32 bits per heavy atom. The maximum Gasteiger partial charge on any atom is 0.265 e. The fourth-order valence-electron chi connectivity index (χ4n) is 1.54. The quantitative estimate of drug-likeness (QED) is 0.842. The molecule has 100 valence electrons. The summed E-state index contributed by atoms with van der Waals surface area (Å²) in [5.41, 5.74) is 6.04. The molecule has 19 heavy (non-hydrogen) atoms. The number of pyridine rings is 1. The number of nitrogen functional groups attached to an aromatic ring is 1. The van der Waals surface area contributed by atoms with Crippen LogP contribution in [-0.4, -0.2) is 13.4 Å². The Hall–Kier alpha value is -2.15. The first-order chi connectivity index (χ1) is 8.90. The molecule has 1 aromatic carbocycles. The lowest BCUT2D eigenvalue weighted by atomic mass is 10.3. The molecule has 0 amide bonds. The molecule has 0 saturated heterocycles. The Balaban J connectivity index is 2.41. The first-order valence-corrected chi connectivity index (χ1v) is 6.88. The first-order valence-electron chi connectivity index (χ1n) is 5.39. The van der Waals surface area contributed by atoms with E-state index in [1.807, 2.05) is 0 Å². The maximum absolute atomic E-state index is 12.9. The second-order valence-corrected chi connectivity index (χ2v) is 5.61. The molecular formula is C12H12FN3O2S. The van der Waals surface area contributed by atoms with Crippen LogP contribution in [-0.2, 0) is 10.0 Å². The average molecular weight is 281 g/mol. The number of nitrogens with one attached hydrogen (secondary N) is 1. The van der Waals surface area contributed by atoms with Gasteiger partial charge in [0.25, 0.3) is 10.0 Å². The molecule has 0 atom stereocenters. The van der Waals surface area contributed by atoms with Crippen molar-refractivity contribution in [1.82, 2.24) is 4.98 Å². The maximum atomic E-state index is 12.9. The number of hydrogen-bond donors (Lipinski definition) is 2. The van der Waals surface area contributed by atoms with Crippen LogP contribution in [0.3, 0.4) is 0 Å². The lowest BCUT2D eigenvalue weighted by molar-refractivity contribution is 0.600. The van der Waals surface area contributed by atoms with E-state index in [2.05, 4.69) is 9.71 Å². The third kappa shape index (κ3) is 2.82. The van der Waals surface area contributed by atoms with Crippen molar-refractivity contribution in [2.24, 2.45) is 0 Å². The van der Waals surface area contributed by atoms with Gasteiger partial charge in [0.05, 0.1) is 5.69 Å². The molecule has 0 spiro atoms. The highest BCUT2D eigenvalue weighted by Crippen LogP contribution is 2.22. The SMILES string of the molecule is Cc1cccnc1NS(=O)(=O)c1ccc(F)cc1N. The van der Waals surface area contributed by atoms with E-state index in [1.54, 1.807) is 19.1 Å². The zero-order valence-electron chi connectivity index (χ0n) is 10.1. The molecule has 5 nitrogen and oxygen atoms in total. The van der Waals surface area contributed by atoms with Gasteiger partial charge in [-0.3, -0.25) is 4.72 Å². The summed E-state index contributed by atoms with van der Waals surface area (Å²) in [6.45, 7) is 1.72. The van der Waals surface area contributed by atoms with Gasteiger partial charge in [0, 0.05) is 6.20 Å². The number of aryl methyl sites for hydroxylation is 1. The van der Waals surface area contributed by atoms with Crippen molar-refractivity contribution < 1.29 is 12.8 Å². The fourth-order valence-corrected chi connectivity index (χ4v) is 2.73. The lowest BCUT2D eigenvalue weighted by Gasteiger charge is -2.10. The van der Waals surface area contributed by atoms with E-state index in [0.717, 1.165) is 18.2 Å². The van der Waals surface area contributed by atoms with E-state index >= 15 is 0 Å². The number of hydrogen-bond acceptors (Lipinski definition) is 4. The third-order valence-electron chi connectivity index (χ3n) is 2.50. The average Bonchev–Trinajstić information content (AvgIpc) is 2.31. The lowest BCUT2D eigenvalue weighted by Crippen LogP contribution is -2.16. The molecule has 0 aliphatic rings. The van der Waals surface area contributed by atoms with Crippen LogP contribution >= 0.6 is 0 Å². The molecule has 2 aromatic rings. The van der Waals surface area contributed by atoms with Crippen molar-refractivity contribution in [3.63, 3.8) is 0 Å². The number of nitrogens with zero attached hydrogens (tertiary/aromatic N) is 1. The molecule has 0 aliphatic carbocycles. The van der Waals surface area contributed by atoms with E-state index in [0.29, 0.717) is 5.56 Å². The Labute approximate surface area is 110 Å². The van der Waals surface area contributed by atoms with Crippen LogP contribution in [0, 0.1) is 12.7 Å². The number of rotatable bonds is 3. The molecule has 1 heterocycles. The molecule has 0 bridgehead atoms. The van der Waals surface area contributed by atoms with Crippen molar-refractivity contribution in [3.8, 4) is 0 Å². The Bertz CT molecular complexity index is 717. The zero-order chi connectivity index (χ0) is 14.0. The summed E-state index contributed by atoms with van der Waals surface area (Å²) in [6.07, 6.45) is 1.47. The monoisotopic (exact) mass is 281 g/mol. The highest BCUT2D eigenvalue weighted by molar-refractivity contribution is 7.92. The van der Waals surface area contributed by atoms with E-state index in [9.17, 15) is 12.8 Å². The highest BCUT2D eigenvalue weighted by atomic mass is 32.2. The van der Waals surface area contributed by atoms with E-state index in [1.165, 1.54) is 6.20 Å². The van der Waals surface area contributed by atoms with Gasteiger partial charge in [-0.1, -0.05) is 6.07 Å². The molecule has 0 radical (unpaired) electrons. The highest BCUT2D eigenvalue weighted by Gasteiger charge is 2.19. The van der Waals surface area contributed by atoms with Gasteiger partial charge in [-0.25, -0.2) is 17.8 Å². The van der Waals surface area contributed by atoms with Crippen LogP contribution in [0.5, 0.6) is 0 Å². The summed E-state index contributed by atoms with van der Waals surface area (Å²) >= 11 is 0. The molecule has 0 fully saturated rings. The van der Waals surface area contributed by atoms with Crippen LogP contribution in [0.4, 0.5) is 15.9 Å². The zero-order valence-corrected chi connectivity index (χ0v) is 10.9. The number of sulfonamides is 1. The molecular weight excluding hydrogens is 269 g/mol. The summed E-state index contributed by atoms with van der Waals surface area (Å²) in [5.74, 6) is -0.378. The van der Waals surface area contributed by atoms with E-state index in [-0.39, 0.29) is 16.4 Å². The largest absolute Gasteiger partial charge is 0.398 e. The van der Waals surface area contributed by atoms with Gasteiger partial charge >= 0.3 is 0 Å². The summed E-state index contributed by atoms with van der Waals surface area (Å²) < 4.78 is 39.5. The third-order valence-corrected chi connectivity index (χ3v) is 3.91. The molecule has 0 unspecified atom stereocenters. The van der Waals surface area contributed by atoms with E-state index < -0.39 is 15.8 Å². The number of halogens is 1. The van der Waals surface area contributed by atoms with Gasteiger partial charge in [-0.15, -0.1) is 0 Å². The van der Waals surface area contributed by atoms with Crippen molar-refractivity contribution in [2.45, 2.75) is 11.8 Å². The number of aromatic nitrogens is 1. The van der Waals surface area contributed by atoms with Gasteiger partial charge in [0.15, 0.2) is 0 Å². The molecule has 0 aliphatic heterocycles. The van der Waals surface area contributed by atoms with Gasteiger partial charge in [-0.05, 0) is 36.8 Å². The van der Waals surface area contributed by atoms with Crippen LogP contribution < -0.4 is 10.5 Å². The second kappa shape index (κ2) is 4.85. The standard InChI is InChI=1S/C12H12FN3O2S/c1-8-3-2-6-15-12(8)16-19(17,18)11-5-4-9(13)7-10(11)14/h2-7H,14H2,1H3,(H,15,16). The van der Waals surface area contributed by atoms with Crippen LogP contribution in [0.15, 0.2) is 41.4 Å². The van der Waals surface area contributed by atoms with Gasteiger partial charge in [0.2, 0.25) is 0 Å².